The predicted molar refractivity (Wildman–Crippen MR) is 56.6 cm³/mol. The quantitative estimate of drug-likeness (QED) is 0.711. The van der Waals surface area contributed by atoms with Crippen LogP contribution in [0.2, 0.25) is 0 Å². The predicted octanol–water partition coefficient (Wildman–Crippen LogP) is 2.82. The molecule has 0 atom stereocenters. The number of nitrogens with zero attached hydrogens (tertiary/aromatic N) is 1. The molecule has 0 N–H and O–H groups in total. The van der Waals surface area contributed by atoms with Crippen LogP contribution in [0.25, 0.3) is 0 Å². The summed E-state index contributed by atoms with van der Waals surface area (Å²) in [7, 11) is 0. The van der Waals surface area contributed by atoms with Gasteiger partial charge >= 0.3 is 0 Å². The lowest BCUT2D eigenvalue weighted by Crippen LogP contribution is -1.97. The zero-order chi connectivity index (χ0) is 9.97. The second kappa shape index (κ2) is 3.93. The molecule has 72 valence electrons. The fraction of sp³-hybridized carbons (Fsp3) is 0.364. The van der Waals surface area contributed by atoms with Crippen LogP contribution >= 0.6 is 11.8 Å². The van der Waals surface area contributed by atoms with Gasteiger partial charge in [0.1, 0.15) is 5.75 Å². The molecule has 3 heteroatoms. The zero-order valence-corrected chi connectivity index (χ0v) is 8.80. The molecule has 0 saturated heterocycles. The van der Waals surface area contributed by atoms with Crippen molar-refractivity contribution in [3.05, 3.63) is 23.8 Å². The number of thioether (sulfide) groups is 1. The van der Waals surface area contributed by atoms with Gasteiger partial charge in [-0.1, -0.05) is 0 Å². The molecule has 1 aliphatic carbocycles. The van der Waals surface area contributed by atoms with Crippen molar-refractivity contribution in [1.82, 2.24) is 0 Å². The third kappa shape index (κ3) is 2.02. The van der Waals surface area contributed by atoms with E-state index in [2.05, 4.69) is 6.07 Å². The fourth-order valence-electron chi connectivity index (χ4n) is 1.20. The van der Waals surface area contributed by atoms with Gasteiger partial charge in [0.15, 0.2) is 0 Å². The molecule has 1 aromatic rings. The van der Waals surface area contributed by atoms with Crippen molar-refractivity contribution in [3.8, 4) is 11.8 Å². The standard InChI is InChI=1S/C11H11NOS/c1-14-11-6-8(7-12)2-5-10(11)13-9-3-4-9/h2,5-6,9H,3-4H2,1H3. The molecular weight excluding hydrogens is 194 g/mol. The maximum atomic E-state index is 8.74. The molecule has 14 heavy (non-hydrogen) atoms. The minimum absolute atomic E-state index is 0.411. The van der Waals surface area contributed by atoms with E-state index >= 15 is 0 Å². The Balaban J connectivity index is 2.25. The van der Waals surface area contributed by atoms with Gasteiger partial charge in [-0.15, -0.1) is 11.8 Å². The van der Waals surface area contributed by atoms with Gasteiger partial charge in [-0.25, -0.2) is 0 Å². The minimum Gasteiger partial charge on any atom is -0.489 e. The molecule has 2 nitrogen and oxygen atoms in total. The summed E-state index contributed by atoms with van der Waals surface area (Å²) >= 11 is 1.62. The third-order valence-corrected chi connectivity index (χ3v) is 2.87. The van der Waals surface area contributed by atoms with E-state index in [1.807, 2.05) is 18.4 Å². The molecular formula is C11H11NOS. The lowest BCUT2D eigenvalue weighted by molar-refractivity contribution is 0.296. The number of hydrogen-bond acceptors (Lipinski definition) is 3. The largest absolute Gasteiger partial charge is 0.489 e. The summed E-state index contributed by atoms with van der Waals surface area (Å²) in [5, 5.41) is 8.74. The van der Waals surface area contributed by atoms with Crippen molar-refractivity contribution in [3.63, 3.8) is 0 Å². The average molecular weight is 205 g/mol. The first-order chi connectivity index (χ1) is 6.83. The molecule has 0 heterocycles. The van der Waals surface area contributed by atoms with Crippen LogP contribution in [0.1, 0.15) is 18.4 Å². The summed E-state index contributed by atoms with van der Waals surface area (Å²) in [6.07, 6.45) is 4.73. The molecule has 0 aliphatic heterocycles. The van der Waals surface area contributed by atoms with E-state index in [4.69, 9.17) is 10.00 Å². The Kier molecular flexibility index (Phi) is 2.64. The Labute approximate surface area is 87.9 Å². The second-order valence-corrected chi connectivity index (χ2v) is 4.14. The van der Waals surface area contributed by atoms with E-state index in [1.165, 1.54) is 0 Å². The SMILES string of the molecule is CSc1cc(C#N)ccc1OC1CC1. The average Bonchev–Trinajstić information content (AvgIpc) is 3.02. The first-order valence-corrected chi connectivity index (χ1v) is 5.81. The first-order valence-electron chi connectivity index (χ1n) is 4.58. The monoisotopic (exact) mass is 205 g/mol. The van der Waals surface area contributed by atoms with Gasteiger partial charge in [-0.05, 0) is 37.3 Å². The normalized spacial score (nSPS) is 14.9. The lowest BCUT2D eigenvalue weighted by Gasteiger charge is -2.08. The van der Waals surface area contributed by atoms with E-state index < -0.39 is 0 Å². The summed E-state index contributed by atoms with van der Waals surface area (Å²) in [5.74, 6) is 0.916. The maximum Gasteiger partial charge on any atom is 0.133 e. The van der Waals surface area contributed by atoms with Gasteiger partial charge in [0.05, 0.1) is 22.6 Å². The lowest BCUT2D eigenvalue weighted by atomic mass is 10.2. The van der Waals surface area contributed by atoms with Crippen LogP contribution in [0.5, 0.6) is 5.75 Å². The van der Waals surface area contributed by atoms with Crippen molar-refractivity contribution in [2.75, 3.05) is 6.26 Å². The van der Waals surface area contributed by atoms with E-state index in [-0.39, 0.29) is 0 Å². The van der Waals surface area contributed by atoms with Gasteiger partial charge in [-0.3, -0.25) is 0 Å². The molecule has 2 rings (SSSR count). The summed E-state index contributed by atoms with van der Waals surface area (Å²) in [6, 6.07) is 7.70. The minimum atomic E-state index is 0.411. The summed E-state index contributed by atoms with van der Waals surface area (Å²) in [5.41, 5.74) is 0.692. The van der Waals surface area contributed by atoms with Crippen molar-refractivity contribution < 1.29 is 4.74 Å². The van der Waals surface area contributed by atoms with E-state index in [0.29, 0.717) is 11.7 Å². The molecule has 0 radical (unpaired) electrons. The molecule has 1 saturated carbocycles. The Morgan fingerprint density at radius 2 is 2.29 bits per heavy atom. The number of benzene rings is 1. The Hall–Kier alpha value is -1.14. The van der Waals surface area contributed by atoms with Gasteiger partial charge < -0.3 is 4.74 Å². The number of ether oxygens (including phenoxy) is 1. The third-order valence-electron chi connectivity index (χ3n) is 2.11. The maximum absolute atomic E-state index is 8.74. The molecule has 0 spiro atoms. The highest BCUT2D eigenvalue weighted by atomic mass is 32.2. The van der Waals surface area contributed by atoms with Crippen LogP contribution in [-0.2, 0) is 0 Å². The van der Waals surface area contributed by atoms with Crippen LogP contribution in [0.3, 0.4) is 0 Å². The summed E-state index contributed by atoms with van der Waals surface area (Å²) < 4.78 is 5.72. The number of hydrogen-bond donors (Lipinski definition) is 0. The van der Waals surface area contributed by atoms with Crippen LogP contribution in [0, 0.1) is 11.3 Å². The van der Waals surface area contributed by atoms with Crippen molar-refractivity contribution in [1.29, 1.82) is 5.26 Å². The van der Waals surface area contributed by atoms with E-state index in [0.717, 1.165) is 23.5 Å². The molecule has 1 fully saturated rings. The van der Waals surface area contributed by atoms with Gasteiger partial charge in [0, 0.05) is 0 Å². The Morgan fingerprint density at radius 1 is 1.50 bits per heavy atom. The highest BCUT2D eigenvalue weighted by Gasteiger charge is 2.24. The first kappa shape index (κ1) is 9.42. The second-order valence-electron chi connectivity index (χ2n) is 3.29. The van der Waals surface area contributed by atoms with E-state index in [1.54, 1.807) is 17.8 Å². The number of rotatable bonds is 3. The van der Waals surface area contributed by atoms with Crippen molar-refractivity contribution in [2.45, 2.75) is 23.8 Å². The highest BCUT2D eigenvalue weighted by molar-refractivity contribution is 7.98. The smallest absolute Gasteiger partial charge is 0.133 e. The Morgan fingerprint density at radius 3 is 2.86 bits per heavy atom. The molecule has 0 aromatic heterocycles. The van der Waals surface area contributed by atoms with Gasteiger partial charge in [0.2, 0.25) is 0 Å². The van der Waals surface area contributed by atoms with E-state index in [9.17, 15) is 0 Å². The molecule has 0 amide bonds. The van der Waals surface area contributed by atoms with Gasteiger partial charge in [0.25, 0.3) is 0 Å². The topological polar surface area (TPSA) is 33.0 Å². The van der Waals surface area contributed by atoms with Crippen LogP contribution in [-0.4, -0.2) is 12.4 Å². The Bertz CT molecular complexity index is 379. The fourth-order valence-corrected chi connectivity index (χ4v) is 1.76. The van der Waals surface area contributed by atoms with Crippen molar-refractivity contribution >= 4 is 11.8 Å². The number of nitriles is 1. The highest BCUT2D eigenvalue weighted by Crippen LogP contribution is 2.33. The van der Waals surface area contributed by atoms with Crippen LogP contribution in [0.15, 0.2) is 23.1 Å². The summed E-state index contributed by atoms with van der Waals surface area (Å²) in [6.45, 7) is 0. The van der Waals surface area contributed by atoms with Crippen molar-refractivity contribution in [2.24, 2.45) is 0 Å². The van der Waals surface area contributed by atoms with Crippen LogP contribution < -0.4 is 4.74 Å². The molecule has 0 unspecified atom stereocenters. The molecule has 1 aliphatic rings. The molecule has 0 bridgehead atoms. The van der Waals surface area contributed by atoms with Crippen LogP contribution in [0.4, 0.5) is 0 Å². The van der Waals surface area contributed by atoms with Gasteiger partial charge in [-0.2, -0.15) is 5.26 Å². The zero-order valence-electron chi connectivity index (χ0n) is 7.99. The summed E-state index contributed by atoms with van der Waals surface area (Å²) in [4.78, 5) is 1.05. The molecule has 1 aromatic carbocycles.